The number of carbonyl (C=O) groups excluding carboxylic acids is 1. The van der Waals surface area contributed by atoms with E-state index in [0.717, 1.165) is 16.8 Å². The number of nitrogens with zero attached hydrogens (tertiary/aromatic N) is 5. The first-order valence-corrected chi connectivity index (χ1v) is 10.3. The molecule has 150 valence electrons. The zero-order valence-electron chi connectivity index (χ0n) is 16.2. The van der Waals surface area contributed by atoms with Gasteiger partial charge in [-0.15, -0.1) is 5.10 Å². The second kappa shape index (κ2) is 10.8. The van der Waals surface area contributed by atoms with Gasteiger partial charge < -0.3 is 10.2 Å². The van der Waals surface area contributed by atoms with Gasteiger partial charge in [-0.1, -0.05) is 54.2 Å². The molecule has 0 spiro atoms. The Morgan fingerprint density at radius 2 is 1.70 bits per heavy atom. The Kier molecular flexibility index (Phi) is 7.59. The first-order chi connectivity index (χ1) is 14.7. The third kappa shape index (κ3) is 5.69. The second-order valence-corrected chi connectivity index (χ2v) is 7.54. The molecule has 2 aromatic rings. The van der Waals surface area contributed by atoms with Crippen LogP contribution in [0.2, 0.25) is 0 Å². The van der Waals surface area contributed by atoms with E-state index in [4.69, 9.17) is 10.5 Å². The number of amidine groups is 1. The summed E-state index contributed by atoms with van der Waals surface area (Å²) in [5.74, 6) is -0.0978. The third-order valence-corrected chi connectivity index (χ3v) is 5.53. The summed E-state index contributed by atoms with van der Waals surface area (Å²) in [6, 6.07) is 21.5. The van der Waals surface area contributed by atoms with E-state index in [0.29, 0.717) is 31.1 Å². The van der Waals surface area contributed by atoms with Gasteiger partial charge in [-0.3, -0.25) is 4.79 Å². The zero-order chi connectivity index (χ0) is 21.2. The fourth-order valence-corrected chi connectivity index (χ4v) is 3.86. The Morgan fingerprint density at radius 1 is 1.03 bits per heavy atom. The molecule has 1 fully saturated rings. The summed E-state index contributed by atoms with van der Waals surface area (Å²) in [5, 5.41) is 28.8. The number of nitriles is 2. The lowest BCUT2D eigenvalue weighted by atomic mass is 10.1. The second-order valence-electron chi connectivity index (χ2n) is 6.44. The van der Waals surface area contributed by atoms with E-state index in [1.807, 2.05) is 59.5 Å². The minimum atomic E-state index is -0.313. The molecule has 1 N–H and O–H groups in total. The number of anilines is 1. The number of hydrogen-bond donors (Lipinski definition) is 1. The molecule has 0 unspecified atom stereocenters. The number of nitrogens with one attached hydrogen (secondary N) is 1. The minimum Gasteiger partial charge on any atom is -0.369 e. The van der Waals surface area contributed by atoms with Crippen LogP contribution in [0.15, 0.2) is 64.8 Å². The maximum atomic E-state index is 12.2. The summed E-state index contributed by atoms with van der Waals surface area (Å²) in [6.07, 6.45) is 2.42. The van der Waals surface area contributed by atoms with Crippen molar-refractivity contribution in [3.8, 4) is 12.1 Å². The van der Waals surface area contributed by atoms with Crippen molar-refractivity contribution in [2.45, 2.75) is 18.1 Å². The molecule has 0 aromatic heterocycles. The van der Waals surface area contributed by atoms with Crippen LogP contribution < -0.4 is 10.2 Å². The van der Waals surface area contributed by atoms with E-state index in [1.54, 1.807) is 6.21 Å². The predicted octanol–water partition coefficient (Wildman–Crippen LogP) is 3.61. The van der Waals surface area contributed by atoms with Gasteiger partial charge in [-0.25, -0.2) is 0 Å². The first kappa shape index (κ1) is 21.1. The molecule has 1 aliphatic rings. The molecule has 1 amide bonds. The lowest BCUT2D eigenvalue weighted by molar-refractivity contribution is -0.118. The summed E-state index contributed by atoms with van der Waals surface area (Å²) in [7, 11) is 0. The topological polar surface area (TPSA) is 105 Å². The predicted molar refractivity (Wildman–Crippen MR) is 119 cm³/mol. The zero-order valence-corrected chi connectivity index (χ0v) is 17.0. The molecule has 0 aliphatic carbocycles. The highest BCUT2D eigenvalue weighted by atomic mass is 32.2. The molecule has 3 rings (SSSR count). The van der Waals surface area contributed by atoms with Crippen molar-refractivity contribution in [1.82, 2.24) is 5.32 Å². The molecule has 8 heteroatoms. The summed E-state index contributed by atoms with van der Waals surface area (Å²) >= 11 is 1.34. The third-order valence-electron chi connectivity index (χ3n) is 4.40. The quantitative estimate of drug-likeness (QED) is 0.523. The molecule has 1 saturated heterocycles. The normalized spacial score (nSPS) is 16.9. The lowest BCUT2D eigenvalue weighted by Crippen LogP contribution is -2.25. The van der Waals surface area contributed by atoms with Gasteiger partial charge in [0.15, 0.2) is 5.17 Å². The minimum absolute atomic E-state index is 0.0978. The average molecular weight is 417 g/mol. The highest BCUT2D eigenvalue weighted by molar-refractivity contribution is 8.15. The fraction of sp³-hybridized carbons (Fsp3) is 0.227. The van der Waals surface area contributed by atoms with Gasteiger partial charge in [0.2, 0.25) is 5.91 Å². The number of benzene rings is 2. The molecular weight excluding hydrogens is 396 g/mol. The first-order valence-electron chi connectivity index (χ1n) is 9.43. The Morgan fingerprint density at radius 3 is 2.33 bits per heavy atom. The van der Waals surface area contributed by atoms with Crippen LogP contribution in [-0.4, -0.2) is 30.4 Å². The molecule has 0 bridgehead atoms. The monoisotopic (exact) mass is 416 g/mol. The van der Waals surface area contributed by atoms with Gasteiger partial charge in [-0.05, 0) is 23.3 Å². The summed E-state index contributed by atoms with van der Waals surface area (Å²) in [4.78, 5) is 14.2. The molecule has 2 aromatic carbocycles. The van der Waals surface area contributed by atoms with Crippen molar-refractivity contribution in [2.75, 3.05) is 18.0 Å². The van der Waals surface area contributed by atoms with Gasteiger partial charge in [-0.2, -0.15) is 15.6 Å². The van der Waals surface area contributed by atoms with Crippen molar-refractivity contribution in [3.63, 3.8) is 0 Å². The molecule has 1 heterocycles. The molecule has 1 aliphatic heterocycles. The largest absolute Gasteiger partial charge is 0.369 e. The molecule has 0 radical (unpaired) electrons. The van der Waals surface area contributed by atoms with Gasteiger partial charge in [0.25, 0.3) is 0 Å². The van der Waals surface area contributed by atoms with Crippen LogP contribution in [0.4, 0.5) is 5.69 Å². The summed E-state index contributed by atoms with van der Waals surface area (Å²) < 4.78 is 0. The SMILES string of the molecule is N#CCCN(CCC#N)c1ccc(/C=N/N=C2NC(=O)[C@@H](c3ccccc3)S2)cc1. The van der Waals surface area contributed by atoms with Crippen LogP contribution in [-0.2, 0) is 4.79 Å². The van der Waals surface area contributed by atoms with Crippen LogP contribution in [0.25, 0.3) is 0 Å². The standard InChI is InChI=1S/C22H20N6OS/c23-12-4-14-28(15-5-13-24)19-10-8-17(9-11-19)16-25-27-22-26-21(29)20(30-22)18-6-2-1-3-7-18/h1-3,6-11,16,20H,4-5,14-15H2,(H,26,27,29)/b25-16+/t20-/m1/s1. The van der Waals surface area contributed by atoms with Gasteiger partial charge in [0.1, 0.15) is 5.25 Å². The van der Waals surface area contributed by atoms with Gasteiger partial charge in [0.05, 0.1) is 31.2 Å². The van der Waals surface area contributed by atoms with Gasteiger partial charge >= 0.3 is 0 Å². The molecule has 30 heavy (non-hydrogen) atoms. The van der Waals surface area contributed by atoms with E-state index in [2.05, 4.69) is 27.7 Å². The van der Waals surface area contributed by atoms with Crippen molar-refractivity contribution in [1.29, 1.82) is 10.5 Å². The van der Waals surface area contributed by atoms with Crippen LogP contribution in [0.1, 0.15) is 29.2 Å². The van der Waals surface area contributed by atoms with Crippen LogP contribution >= 0.6 is 11.8 Å². The van der Waals surface area contributed by atoms with E-state index < -0.39 is 0 Å². The van der Waals surface area contributed by atoms with E-state index in [-0.39, 0.29) is 11.2 Å². The Bertz CT molecular complexity index is 987. The maximum Gasteiger partial charge on any atom is 0.244 e. The van der Waals surface area contributed by atoms with E-state index >= 15 is 0 Å². The number of rotatable bonds is 8. The summed E-state index contributed by atoms with van der Waals surface area (Å²) in [6.45, 7) is 1.16. The maximum absolute atomic E-state index is 12.2. The Balaban J connectivity index is 1.62. The van der Waals surface area contributed by atoms with Crippen molar-refractivity contribution >= 4 is 34.7 Å². The van der Waals surface area contributed by atoms with Crippen LogP contribution in [0.5, 0.6) is 0 Å². The number of hydrogen-bond acceptors (Lipinski definition) is 7. The number of carbonyl (C=O) groups is 1. The van der Waals surface area contributed by atoms with Crippen molar-refractivity contribution in [2.24, 2.45) is 10.2 Å². The lowest BCUT2D eigenvalue weighted by Gasteiger charge is -2.22. The van der Waals surface area contributed by atoms with E-state index in [1.165, 1.54) is 11.8 Å². The van der Waals surface area contributed by atoms with Crippen molar-refractivity contribution < 1.29 is 4.79 Å². The van der Waals surface area contributed by atoms with Gasteiger partial charge in [0, 0.05) is 18.8 Å². The fourth-order valence-electron chi connectivity index (χ4n) is 2.92. The Hall–Kier alpha value is -3.62. The highest BCUT2D eigenvalue weighted by Gasteiger charge is 2.31. The highest BCUT2D eigenvalue weighted by Crippen LogP contribution is 2.34. The summed E-state index contributed by atoms with van der Waals surface area (Å²) in [5.41, 5.74) is 2.74. The number of thioether (sulfide) groups is 1. The smallest absolute Gasteiger partial charge is 0.244 e. The average Bonchev–Trinajstić information content (AvgIpc) is 3.15. The Labute approximate surface area is 179 Å². The van der Waals surface area contributed by atoms with Crippen LogP contribution in [0.3, 0.4) is 0 Å². The molecule has 1 atom stereocenters. The van der Waals surface area contributed by atoms with Crippen molar-refractivity contribution in [3.05, 3.63) is 65.7 Å². The molecular formula is C22H20N6OS. The number of amides is 1. The van der Waals surface area contributed by atoms with E-state index in [9.17, 15) is 4.79 Å². The molecule has 7 nitrogen and oxygen atoms in total. The molecule has 0 saturated carbocycles. The van der Waals surface area contributed by atoms with Crippen LogP contribution in [0, 0.1) is 22.7 Å².